The van der Waals surface area contributed by atoms with E-state index in [1.165, 1.54) is 27.8 Å². The summed E-state index contributed by atoms with van der Waals surface area (Å²) in [6.07, 6.45) is 5.26. The fourth-order valence-corrected chi connectivity index (χ4v) is 6.26. The maximum atomic E-state index is 13.0. The Hall–Kier alpha value is -2.33. The monoisotopic (exact) mass is 460 g/mol. The number of piperidine rings is 3. The Kier molecular flexibility index (Phi) is 6.45. The fourth-order valence-electron chi connectivity index (χ4n) is 6.26. The molecule has 0 aromatic heterocycles. The highest BCUT2D eigenvalue weighted by Crippen LogP contribution is 2.44. The number of fused-ring (bicyclic) bond motifs is 4. The number of hydrogen-bond acceptors (Lipinski definition) is 3. The molecule has 182 valence electrons. The van der Waals surface area contributed by atoms with Gasteiger partial charge in [-0.25, -0.2) is 4.79 Å². The predicted octanol–water partition coefficient (Wildman–Crippen LogP) is 6.39. The second kappa shape index (κ2) is 9.37. The molecule has 3 heterocycles. The maximum Gasteiger partial charge on any atom is 0.407 e. The minimum atomic E-state index is -0.255. The summed E-state index contributed by atoms with van der Waals surface area (Å²) in [6.45, 7) is 12.2. The second-order valence-electron chi connectivity index (χ2n) is 11.9. The van der Waals surface area contributed by atoms with E-state index in [1.807, 2.05) is 0 Å². The van der Waals surface area contributed by atoms with E-state index < -0.39 is 0 Å². The Morgan fingerprint density at radius 3 is 2.59 bits per heavy atom. The topological polar surface area (TPSA) is 41.6 Å². The molecular formula is C30H40N2O2. The highest BCUT2D eigenvalue weighted by atomic mass is 16.6. The quantitative estimate of drug-likeness (QED) is 0.562. The molecule has 2 bridgehead atoms. The first kappa shape index (κ1) is 23.4. The van der Waals surface area contributed by atoms with E-state index in [0.717, 1.165) is 51.7 Å². The maximum absolute atomic E-state index is 13.0. The SMILES string of the molecule is CC(C)Cc1cccc(-c2ccc3c(c2)CCC(C)(C)[C@H]3NC(=O)O[C@@H]2CN3CCC2CC3)c1. The highest BCUT2D eigenvalue weighted by Gasteiger charge is 2.40. The van der Waals surface area contributed by atoms with Crippen molar-refractivity contribution in [3.05, 3.63) is 59.2 Å². The van der Waals surface area contributed by atoms with Gasteiger partial charge in [0.15, 0.2) is 0 Å². The normalized spacial score (nSPS) is 27.3. The minimum Gasteiger partial charge on any atom is -0.445 e. The minimum absolute atomic E-state index is 0.0141. The van der Waals surface area contributed by atoms with Crippen molar-refractivity contribution in [1.82, 2.24) is 10.2 Å². The Bertz CT molecular complexity index is 1040. The van der Waals surface area contributed by atoms with Crippen LogP contribution in [0.25, 0.3) is 11.1 Å². The molecule has 0 spiro atoms. The zero-order valence-electron chi connectivity index (χ0n) is 21.3. The van der Waals surface area contributed by atoms with Gasteiger partial charge in [-0.15, -0.1) is 0 Å². The van der Waals surface area contributed by atoms with Crippen LogP contribution in [0.5, 0.6) is 0 Å². The van der Waals surface area contributed by atoms with Crippen LogP contribution in [-0.4, -0.2) is 36.7 Å². The molecule has 2 atom stereocenters. The lowest BCUT2D eigenvalue weighted by Crippen LogP contribution is -2.53. The molecular weight excluding hydrogens is 420 g/mol. The molecule has 2 aromatic carbocycles. The van der Waals surface area contributed by atoms with Crippen molar-refractivity contribution in [2.75, 3.05) is 19.6 Å². The largest absolute Gasteiger partial charge is 0.445 e. The zero-order chi connectivity index (χ0) is 23.9. The molecule has 0 radical (unpaired) electrons. The van der Waals surface area contributed by atoms with Crippen LogP contribution in [0, 0.1) is 17.3 Å². The highest BCUT2D eigenvalue weighted by molar-refractivity contribution is 5.70. The van der Waals surface area contributed by atoms with Crippen LogP contribution in [0.2, 0.25) is 0 Å². The first-order valence-electron chi connectivity index (χ1n) is 13.2. The van der Waals surface area contributed by atoms with Crippen LogP contribution in [0.15, 0.2) is 42.5 Å². The lowest BCUT2D eigenvalue weighted by Gasteiger charge is -2.44. The van der Waals surface area contributed by atoms with Crippen molar-refractivity contribution in [2.45, 2.75) is 71.9 Å². The van der Waals surface area contributed by atoms with Crippen molar-refractivity contribution >= 4 is 6.09 Å². The number of hydrogen-bond donors (Lipinski definition) is 1. The molecule has 4 aliphatic rings. The molecule has 1 N–H and O–H groups in total. The van der Waals surface area contributed by atoms with Crippen LogP contribution in [0.1, 0.15) is 69.7 Å². The third-order valence-electron chi connectivity index (χ3n) is 8.30. The molecule has 0 unspecified atom stereocenters. The average Bonchev–Trinajstić information content (AvgIpc) is 2.81. The van der Waals surface area contributed by atoms with Crippen LogP contribution in [0.4, 0.5) is 4.79 Å². The van der Waals surface area contributed by atoms with Gasteiger partial charge in [-0.05, 0) is 90.3 Å². The summed E-state index contributed by atoms with van der Waals surface area (Å²) >= 11 is 0. The van der Waals surface area contributed by atoms with E-state index in [9.17, 15) is 4.79 Å². The third kappa shape index (κ3) is 4.88. The molecule has 3 aliphatic heterocycles. The Labute approximate surface area is 205 Å². The standard InChI is InChI=1S/C30H40N2O2/c1-20(2)16-21-6-5-7-23(17-21)24-8-9-26-25(18-24)10-13-30(3,4)28(26)31-29(33)34-27-19-32-14-11-22(27)12-15-32/h5-9,17-18,20,22,27-28H,10-16,19H2,1-4H3,(H,31,33)/t27-,28+/m1/s1. The van der Waals surface area contributed by atoms with E-state index in [-0.39, 0.29) is 23.7 Å². The van der Waals surface area contributed by atoms with E-state index in [4.69, 9.17) is 4.74 Å². The summed E-state index contributed by atoms with van der Waals surface area (Å²) in [5, 5.41) is 3.28. The van der Waals surface area contributed by atoms with Gasteiger partial charge in [0.2, 0.25) is 0 Å². The van der Waals surface area contributed by atoms with Gasteiger partial charge in [0.05, 0.1) is 6.04 Å². The van der Waals surface area contributed by atoms with Crippen molar-refractivity contribution < 1.29 is 9.53 Å². The van der Waals surface area contributed by atoms with E-state index in [1.54, 1.807) is 0 Å². The summed E-state index contributed by atoms with van der Waals surface area (Å²) in [7, 11) is 0. The Balaban J connectivity index is 1.34. The summed E-state index contributed by atoms with van der Waals surface area (Å²) in [5.41, 5.74) is 6.50. The summed E-state index contributed by atoms with van der Waals surface area (Å²) in [6, 6.07) is 15.7. The number of rotatable bonds is 5. The van der Waals surface area contributed by atoms with Crippen molar-refractivity contribution in [3.8, 4) is 11.1 Å². The van der Waals surface area contributed by atoms with Gasteiger partial charge in [0.25, 0.3) is 0 Å². The molecule has 0 saturated carbocycles. The van der Waals surface area contributed by atoms with Gasteiger partial charge in [-0.2, -0.15) is 0 Å². The second-order valence-corrected chi connectivity index (χ2v) is 11.9. The van der Waals surface area contributed by atoms with Crippen LogP contribution in [-0.2, 0) is 17.6 Å². The molecule has 1 amide bonds. The van der Waals surface area contributed by atoms with Crippen LogP contribution in [0.3, 0.4) is 0 Å². The smallest absolute Gasteiger partial charge is 0.407 e. The van der Waals surface area contributed by atoms with Crippen molar-refractivity contribution in [2.24, 2.45) is 17.3 Å². The number of nitrogens with zero attached hydrogens (tertiary/aromatic N) is 1. The third-order valence-corrected chi connectivity index (χ3v) is 8.30. The number of carbonyl (C=O) groups excluding carboxylic acids is 1. The fraction of sp³-hybridized carbons (Fsp3) is 0.567. The number of nitrogens with one attached hydrogen (secondary N) is 1. The van der Waals surface area contributed by atoms with Crippen molar-refractivity contribution in [3.63, 3.8) is 0 Å². The molecule has 1 aliphatic carbocycles. The number of carbonyl (C=O) groups is 1. The number of aryl methyl sites for hydroxylation is 1. The van der Waals surface area contributed by atoms with Gasteiger partial charge in [-0.3, -0.25) is 4.90 Å². The lowest BCUT2D eigenvalue weighted by atomic mass is 9.70. The number of alkyl carbamates (subject to hydrolysis) is 1. The van der Waals surface area contributed by atoms with E-state index in [2.05, 4.69) is 80.4 Å². The Morgan fingerprint density at radius 2 is 1.88 bits per heavy atom. The van der Waals surface area contributed by atoms with Crippen molar-refractivity contribution in [1.29, 1.82) is 0 Å². The zero-order valence-corrected chi connectivity index (χ0v) is 21.3. The number of benzene rings is 2. The van der Waals surface area contributed by atoms with Gasteiger partial charge in [0, 0.05) is 6.54 Å². The first-order valence-corrected chi connectivity index (χ1v) is 13.2. The molecule has 3 saturated heterocycles. The van der Waals surface area contributed by atoms with E-state index >= 15 is 0 Å². The predicted molar refractivity (Wildman–Crippen MR) is 138 cm³/mol. The van der Waals surface area contributed by atoms with Crippen LogP contribution >= 0.6 is 0 Å². The van der Waals surface area contributed by atoms with E-state index in [0.29, 0.717) is 11.8 Å². The van der Waals surface area contributed by atoms with Gasteiger partial charge < -0.3 is 10.1 Å². The number of ether oxygens (including phenoxy) is 1. The summed E-state index contributed by atoms with van der Waals surface area (Å²) < 4.78 is 5.98. The van der Waals surface area contributed by atoms with Gasteiger partial charge >= 0.3 is 6.09 Å². The average molecular weight is 461 g/mol. The van der Waals surface area contributed by atoms with Gasteiger partial charge in [-0.1, -0.05) is 70.2 Å². The lowest BCUT2D eigenvalue weighted by molar-refractivity contribution is -0.0353. The summed E-state index contributed by atoms with van der Waals surface area (Å²) in [5.74, 6) is 1.17. The molecule has 34 heavy (non-hydrogen) atoms. The summed E-state index contributed by atoms with van der Waals surface area (Å²) in [4.78, 5) is 15.4. The van der Waals surface area contributed by atoms with Crippen LogP contribution < -0.4 is 5.32 Å². The molecule has 3 fully saturated rings. The molecule has 6 rings (SSSR count). The van der Waals surface area contributed by atoms with Gasteiger partial charge in [0.1, 0.15) is 6.10 Å². The molecule has 4 nitrogen and oxygen atoms in total. The number of amides is 1. The Morgan fingerprint density at radius 1 is 1.12 bits per heavy atom. The molecule has 2 aromatic rings. The first-order chi connectivity index (χ1) is 16.3. The molecule has 4 heteroatoms.